The van der Waals surface area contributed by atoms with Gasteiger partial charge in [0.25, 0.3) is 0 Å². The Morgan fingerprint density at radius 1 is 0.970 bits per heavy atom. The minimum absolute atomic E-state index is 0. The Hall–Kier alpha value is -2.56. The Morgan fingerprint density at radius 3 is 2.58 bits per heavy atom. The molecule has 3 rings (SSSR count). The maximum absolute atomic E-state index is 5.73. The summed E-state index contributed by atoms with van der Waals surface area (Å²) in [5, 5.41) is 15.2. The van der Waals surface area contributed by atoms with E-state index in [-0.39, 0.29) is 24.0 Å². The average Bonchev–Trinajstić information content (AvgIpc) is 3.22. The van der Waals surface area contributed by atoms with Gasteiger partial charge in [0.1, 0.15) is 5.82 Å². The molecule has 0 aliphatic heterocycles. The van der Waals surface area contributed by atoms with E-state index in [1.165, 1.54) is 5.56 Å². The van der Waals surface area contributed by atoms with Crippen molar-refractivity contribution in [3.8, 4) is 11.5 Å². The molecule has 2 aromatic heterocycles. The SMILES string of the molecule is CCNC(=NCCCc1nnc2ccccn12)NCCc1ccc(OCC)c(OCC)c1.I. The predicted molar refractivity (Wildman–Crippen MR) is 143 cm³/mol. The second kappa shape index (κ2) is 14.6. The quantitative estimate of drug-likeness (QED) is 0.150. The molecule has 0 aliphatic rings. The molecule has 3 aromatic rings. The average molecular weight is 566 g/mol. The number of nitrogens with one attached hydrogen (secondary N) is 2. The molecule has 1 aromatic carbocycles. The highest BCUT2D eigenvalue weighted by Crippen LogP contribution is 2.28. The van der Waals surface area contributed by atoms with Crippen molar-refractivity contribution in [2.75, 3.05) is 32.8 Å². The van der Waals surface area contributed by atoms with Crippen LogP contribution >= 0.6 is 24.0 Å². The van der Waals surface area contributed by atoms with Crippen LogP contribution in [0, 0.1) is 0 Å². The lowest BCUT2D eigenvalue weighted by Gasteiger charge is -2.14. The summed E-state index contributed by atoms with van der Waals surface area (Å²) in [6.45, 7) is 9.58. The second-order valence-corrected chi connectivity index (χ2v) is 7.23. The molecule has 2 N–H and O–H groups in total. The summed E-state index contributed by atoms with van der Waals surface area (Å²) < 4.78 is 13.4. The highest BCUT2D eigenvalue weighted by Gasteiger charge is 2.07. The number of ether oxygens (including phenoxy) is 2. The van der Waals surface area contributed by atoms with E-state index in [9.17, 15) is 0 Å². The van der Waals surface area contributed by atoms with Crippen molar-refractivity contribution in [3.63, 3.8) is 0 Å². The number of rotatable bonds is 12. The largest absolute Gasteiger partial charge is 0.490 e. The van der Waals surface area contributed by atoms with Crippen LogP contribution in [0.5, 0.6) is 11.5 Å². The Balaban J connectivity index is 0.00000385. The molecule has 0 radical (unpaired) electrons. The lowest BCUT2D eigenvalue weighted by atomic mass is 10.1. The van der Waals surface area contributed by atoms with E-state index >= 15 is 0 Å². The normalized spacial score (nSPS) is 11.2. The van der Waals surface area contributed by atoms with Crippen LogP contribution in [0.3, 0.4) is 0 Å². The highest BCUT2D eigenvalue weighted by molar-refractivity contribution is 14.0. The van der Waals surface area contributed by atoms with Gasteiger partial charge in [-0.15, -0.1) is 34.2 Å². The van der Waals surface area contributed by atoms with Crippen molar-refractivity contribution >= 4 is 35.6 Å². The van der Waals surface area contributed by atoms with Gasteiger partial charge in [0.2, 0.25) is 0 Å². The maximum Gasteiger partial charge on any atom is 0.191 e. The summed E-state index contributed by atoms with van der Waals surface area (Å²) in [7, 11) is 0. The van der Waals surface area contributed by atoms with Crippen LogP contribution < -0.4 is 20.1 Å². The van der Waals surface area contributed by atoms with Gasteiger partial charge in [0.05, 0.1) is 13.2 Å². The van der Waals surface area contributed by atoms with Gasteiger partial charge in [0, 0.05) is 32.3 Å². The summed E-state index contributed by atoms with van der Waals surface area (Å²) in [6.07, 6.45) is 4.60. The standard InChI is InChI=1S/C24H34N6O2.HI/c1-4-25-24(26-15-9-11-23-29-28-22-10-7-8-17-30(22)23)27-16-14-19-12-13-20(31-5-2)21(18-19)32-6-3;/h7-8,10,12-13,17-18H,4-6,9,11,14-16H2,1-3H3,(H2,25,26,27);1H. The van der Waals surface area contributed by atoms with Crippen LogP contribution in [0.2, 0.25) is 0 Å². The lowest BCUT2D eigenvalue weighted by molar-refractivity contribution is 0.287. The molecule has 0 unspecified atom stereocenters. The Bertz CT molecular complexity index is 1010. The lowest BCUT2D eigenvalue weighted by Crippen LogP contribution is -2.38. The number of pyridine rings is 1. The van der Waals surface area contributed by atoms with Crippen LogP contribution in [-0.2, 0) is 12.8 Å². The number of aliphatic imine (C=N–C) groups is 1. The molecule has 0 atom stereocenters. The zero-order chi connectivity index (χ0) is 22.6. The molecule has 8 nitrogen and oxygen atoms in total. The van der Waals surface area contributed by atoms with Crippen molar-refractivity contribution < 1.29 is 9.47 Å². The molecule has 2 heterocycles. The number of fused-ring (bicyclic) bond motifs is 1. The smallest absolute Gasteiger partial charge is 0.191 e. The van der Waals surface area contributed by atoms with E-state index in [1.54, 1.807) is 0 Å². The minimum atomic E-state index is 0. The molecule has 0 saturated heterocycles. The molecule has 0 saturated carbocycles. The van der Waals surface area contributed by atoms with E-state index < -0.39 is 0 Å². The van der Waals surface area contributed by atoms with Gasteiger partial charge < -0.3 is 20.1 Å². The molecule has 0 bridgehead atoms. The van der Waals surface area contributed by atoms with Gasteiger partial charge in [-0.3, -0.25) is 9.39 Å². The molecule has 33 heavy (non-hydrogen) atoms. The molecule has 0 fully saturated rings. The van der Waals surface area contributed by atoms with Crippen molar-refractivity contribution in [2.45, 2.75) is 40.0 Å². The molecular weight excluding hydrogens is 531 g/mol. The van der Waals surface area contributed by atoms with E-state index in [0.29, 0.717) is 19.8 Å². The van der Waals surface area contributed by atoms with Crippen LogP contribution in [0.1, 0.15) is 38.6 Å². The summed E-state index contributed by atoms with van der Waals surface area (Å²) in [4.78, 5) is 4.70. The Morgan fingerprint density at radius 2 is 1.79 bits per heavy atom. The van der Waals surface area contributed by atoms with Gasteiger partial charge in [0.15, 0.2) is 23.1 Å². The Kier molecular flexibility index (Phi) is 11.8. The zero-order valence-corrected chi connectivity index (χ0v) is 22.0. The van der Waals surface area contributed by atoms with Gasteiger partial charge in [-0.1, -0.05) is 12.1 Å². The van der Waals surface area contributed by atoms with Crippen molar-refractivity contribution in [1.29, 1.82) is 0 Å². The van der Waals surface area contributed by atoms with Gasteiger partial charge in [-0.25, -0.2) is 0 Å². The van der Waals surface area contributed by atoms with Crippen LogP contribution in [0.25, 0.3) is 5.65 Å². The Labute approximate surface area is 213 Å². The van der Waals surface area contributed by atoms with E-state index in [4.69, 9.17) is 14.5 Å². The first-order valence-corrected chi connectivity index (χ1v) is 11.4. The first-order chi connectivity index (χ1) is 15.7. The summed E-state index contributed by atoms with van der Waals surface area (Å²) >= 11 is 0. The fourth-order valence-electron chi connectivity index (χ4n) is 3.41. The number of guanidine groups is 1. The molecule has 0 aliphatic carbocycles. The first-order valence-electron chi connectivity index (χ1n) is 11.4. The van der Waals surface area contributed by atoms with Crippen LogP contribution in [0.15, 0.2) is 47.6 Å². The summed E-state index contributed by atoms with van der Waals surface area (Å²) in [6, 6.07) is 12.1. The topological polar surface area (TPSA) is 85.1 Å². The molecule has 180 valence electrons. The predicted octanol–water partition coefficient (Wildman–Crippen LogP) is 3.88. The number of aromatic nitrogens is 3. The van der Waals surface area contributed by atoms with Crippen molar-refractivity contribution in [2.24, 2.45) is 4.99 Å². The van der Waals surface area contributed by atoms with E-state index in [1.807, 2.05) is 48.7 Å². The number of benzene rings is 1. The molecule has 0 amide bonds. The fourth-order valence-corrected chi connectivity index (χ4v) is 3.41. The number of hydrogen-bond acceptors (Lipinski definition) is 5. The minimum Gasteiger partial charge on any atom is -0.490 e. The molecular formula is C24H35IN6O2. The second-order valence-electron chi connectivity index (χ2n) is 7.23. The van der Waals surface area contributed by atoms with Gasteiger partial charge >= 0.3 is 0 Å². The number of aryl methyl sites for hydroxylation is 1. The zero-order valence-electron chi connectivity index (χ0n) is 19.7. The van der Waals surface area contributed by atoms with E-state index in [2.05, 4.69) is 39.9 Å². The van der Waals surface area contributed by atoms with Crippen molar-refractivity contribution in [3.05, 3.63) is 54.0 Å². The number of hydrogen-bond donors (Lipinski definition) is 2. The van der Waals surface area contributed by atoms with E-state index in [0.717, 1.165) is 61.3 Å². The maximum atomic E-state index is 5.73. The highest BCUT2D eigenvalue weighted by atomic mass is 127. The molecule has 0 spiro atoms. The van der Waals surface area contributed by atoms with Crippen LogP contribution in [-0.4, -0.2) is 53.4 Å². The number of halogens is 1. The molecule has 9 heteroatoms. The van der Waals surface area contributed by atoms with Crippen molar-refractivity contribution in [1.82, 2.24) is 25.2 Å². The van der Waals surface area contributed by atoms with Gasteiger partial charge in [-0.2, -0.15) is 0 Å². The third kappa shape index (κ3) is 8.06. The third-order valence-corrected chi connectivity index (χ3v) is 4.87. The summed E-state index contributed by atoms with van der Waals surface area (Å²) in [5.41, 5.74) is 2.07. The fraction of sp³-hybridized carbons (Fsp3) is 0.458. The van der Waals surface area contributed by atoms with Gasteiger partial charge in [-0.05, 0) is 63.4 Å². The van der Waals surface area contributed by atoms with Crippen LogP contribution in [0.4, 0.5) is 0 Å². The third-order valence-electron chi connectivity index (χ3n) is 4.87. The summed E-state index contributed by atoms with van der Waals surface area (Å²) in [5.74, 6) is 3.39. The number of nitrogens with zero attached hydrogens (tertiary/aromatic N) is 4. The first kappa shape index (κ1) is 26.7. The monoisotopic (exact) mass is 566 g/mol.